The molecule has 0 saturated heterocycles. The first-order chi connectivity index (χ1) is 10.2. The molecule has 0 aliphatic rings. The summed E-state index contributed by atoms with van der Waals surface area (Å²) in [6, 6.07) is 14.5. The maximum Gasteiger partial charge on any atom is 0.213 e. The minimum absolute atomic E-state index is 0.106. The number of allylic oxidation sites excluding steroid dienone is 1. The molecule has 3 aromatic rings. The number of benzene rings is 2. The second-order valence-electron chi connectivity index (χ2n) is 4.67. The van der Waals surface area contributed by atoms with E-state index in [9.17, 15) is 4.79 Å². The molecule has 0 bridgehead atoms. The summed E-state index contributed by atoms with van der Waals surface area (Å²) in [7, 11) is 0. The van der Waals surface area contributed by atoms with E-state index in [4.69, 9.17) is 11.6 Å². The van der Waals surface area contributed by atoms with Gasteiger partial charge in [0.1, 0.15) is 5.69 Å². The van der Waals surface area contributed by atoms with Gasteiger partial charge in [0.25, 0.3) is 0 Å². The lowest BCUT2D eigenvalue weighted by Crippen LogP contribution is -2.04. The number of hydrogen-bond donors (Lipinski definition) is 0. The van der Waals surface area contributed by atoms with Crippen LogP contribution in [0.2, 0.25) is 5.02 Å². The van der Waals surface area contributed by atoms with E-state index in [1.165, 1.54) is 0 Å². The lowest BCUT2D eigenvalue weighted by molar-refractivity contribution is 0.103. The van der Waals surface area contributed by atoms with Gasteiger partial charge in [-0.25, -0.2) is 0 Å². The van der Waals surface area contributed by atoms with Gasteiger partial charge < -0.3 is 0 Å². The van der Waals surface area contributed by atoms with E-state index >= 15 is 0 Å². The number of hydrogen-bond acceptors (Lipinski definition) is 2. The summed E-state index contributed by atoms with van der Waals surface area (Å²) >= 11 is 5.86. The maximum absolute atomic E-state index is 12.6. The van der Waals surface area contributed by atoms with Gasteiger partial charge in [-0.2, -0.15) is 5.10 Å². The van der Waals surface area contributed by atoms with Crippen molar-refractivity contribution in [2.45, 2.75) is 6.54 Å². The Kier molecular flexibility index (Phi) is 3.59. The van der Waals surface area contributed by atoms with Gasteiger partial charge in [0, 0.05) is 16.0 Å². The predicted molar refractivity (Wildman–Crippen MR) is 84.8 cm³/mol. The number of aromatic nitrogens is 2. The topological polar surface area (TPSA) is 34.9 Å². The molecule has 1 aromatic heterocycles. The first-order valence-corrected chi connectivity index (χ1v) is 6.95. The lowest BCUT2D eigenvalue weighted by atomic mass is 10.1. The van der Waals surface area contributed by atoms with E-state index in [0.717, 1.165) is 10.9 Å². The second-order valence-corrected chi connectivity index (χ2v) is 5.11. The van der Waals surface area contributed by atoms with Crippen LogP contribution >= 0.6 is 11.6 Å². The van der Waals surface area contributed by atoms with Gasteiger partial charge in [0.05, 0.1) is 12.1 Å². The van der Waals surface area contributed by atoms with Crippen LogP contribution in [0.5, 0.6) is 0 Å². The third kappa shape index (κ3) is 2.48. The fourth-order valence-electron chi connectivity index (χ4n) is 2.29. The predicted octanol–water partition coefficient (Wildman–Crippen LogP) is 4.11. The van der Waals surface area contributed by atoms with Crippen LogP contribution in [0.25, 0.3) is 10.9 Å². The van der Waals surface area contributed by atoms with Crippen LogP contribution in [-0.2, 0) is 6.54 Å². The molecule has 4 heteroatoms. The van der Waals surface area contributed by atoms with E-state index in [-0.39, 0.29) is 5.78 Å². The molecule has 0 radical (unpaired) electrons. The molecule has 3 nitrogen and oxygen atoms in total. The third-order valence-electron chi connectivity index (χ3n) is 3.28. The Labute approximate surface area is 127 Å². The summed E-state index contributed by atoms with van der Waals surface area (Å²) < 4.78 is 1.78. The molecule has 104 valence electrons. The van der Waals surface area contributed by atoms with Crippen LogP contribution in [-0.4, -0.2) is 15.6 Å². The average molecular weight is 297 g/mol. The fourth-order valence-corrected chi connectivity index (χ4v) is 2.42. The highest BCUT2D eigenvalue weighted by Gasteiger charge is 2.18. The third-order valence-corrected chi connectivity index (χ3v) is 3.53. The first kappa shape index (κ1) is 13.6. The van der Waals surface area contributed by atoms with Gasteiger partial charge in [0.15, 0.2) is 0 Å². The molecule has 3 rings (SSSR count). The molecule has 0 fully saturated rings. The minimum atomic E-state index is -0.106. The summed E-state index contributed by atoms with van der Waals surface area (Å²) in [5, 5.41) is 5.89. The van der Waals surface area contributed by atoms with E-state index in [1.807, 2.05) is 24.3 Å². The molecule has 2 aromatic carbocycles. The molecule has 21 heavy (non-hydrogen) atoms. The molecule has 0 aliphatic heterocycles. The Balaban J connectivity index is 2.13. The van der Waals surface area contributed by atoms with E-state index in [1.54, 1.807) is 35.0 Å². The molecule has 0 saturated carbocycles. The van der Waals surface area contributed by atoms with Crippen molar-refractivity contribution in [1.82, 2.24) is 9.78 Å². The van der Waals surface area contributed by atoms with Gasteiger partial charge in [-0.3, -0.25) is 9.48 Å². The van der Waals surface area contributed by atoms with Crippen molar-refractivity contribution in [3.63, 3.8) is 0 Å². The van der Waals surface area contributed by atoms with Crippen molar-refractivity contribution < 1.29 is 4.79 Å². The Bertz CT molecular complexity index is 818. The van der Waals surface area contributed by atoms with E-state index < -0.39 is 0 Å². The van der Waals surface area contributed by atoms with E-state index in [0.29, 0.717) is 22.8 Å². The molecular formula is C17H13ClN2O. The summed E-state index contributed by atoms with van der Waals surface area (Å²) in [5.74, 6) is -0.106. The van der Waals surface area contributed by atoms with Crippen LogP contribution in [0.3, 0.4) is 0 Å². The molecule has 0 atom stereocenters. The number of fused-ring (bicyclic) bond motifs is 1. The number of nitrogens with zero attached hydrogens (tertiary/aromatic N) is 2. The van der Waals surface area contributed by atoms with Gasteiger partial charge in [-0.1, -0.05) is 35.9 Å². The Morgan fingerprint density at radius 3 is 2.62 bits per heavy atom. The number of halogens is 1. The molecule has 0 spiro atoms. The highest BCUT2D eigenvalue weighted by molar-refractivity contribution is 6.30. The summed E-state index contributed by atoms with van der Waals surface area (Å²) in [4.78, 5) is 12.6. The number of rotatable bonds is 4. The number of carbonyl (C=O) groups excluding carboxylic acids is 1. The zero-order valence-corrected chi connectivity index (χ0v) is 12.0. The Morgan fingerprint density at radius 1 is 1.19 bits per heavy atom. The van der Waals surface area contributed by atoms with Crippen LogP contribution in [0.15, 0.2) is 61.2 Å². The zero-order valence-electron chi connectivity index (χ0n) is 11.3. The first-order valence-electron chi connectivity index (χ1n) is 6.57. The normalized spacial score (nSPS) is 10.7. The van der Waals surface area contributed by atoms with Gasteiger partial charge >= 0.3 is 0 Å². The number of ketones is 1. The van der Waals surface area contributed by atoms with Crippen LogP contribution in [0.1, 0.15) is 16.1 Å². The molecule has 0 N–H and O–H groups in total. The Hall–Kier alpha value is -2.39. The summed E-state index contributed by atoms with van der Waals surface area (Å²) in [5.41, 5.74) is 1.96. The fraction of sp³-hybridized carbons (Fsp3) is 0.0588. The highest BCUT2D eigenvalue weighted by Crippen LogP contribution is 2.22. The molecule has 0 amide bonds. The van der Waals surface area contributed by atoms with Crippen LogP contribution < -0.4 is 0 Å². The number of carbonyl (C=O) groups is 1. The van der Waals surface area contributed by atoms with Crippen LogP contribution in [0, 0.1) is 0 Å². The monoisotopic (exact) mass is 296 g/mol. The van der Waals surface area contributed by atoms with Crippen molar-refractivity contribution in [3.05, 3.63) is 77.5 Å². The smallest absolute Gasteiger partial charge is 0.213 e. The Morgan fingerprint density at radius 2 is 1.90 bits per heavy atom. The quantitative estimate of drug-likeness (QED) is 0.536. The lowest BCUT2D eigenvalue weighted by Gasteiger charge is -1.98. The van der Waals surface area contributed by atoms with Crippen LogP contribution in [0.4, 0.5) is 0 Å². The summed E-state index contributed by atoms with van der Waals surface area (Å²) in [6.07, 6.45) is 1.76. The summed E-state index contributed by atoms with van der Waals surface area (Å²) in [6.45, 7) is 4.29. The SMILES string of the molecule is C=CCn1nc(C(=O)c2ccc(Cl)cc2)c2ccccc21. The largest absolute Gasteiger partial charge is 0.287 e. The maximum atomic E-state index is 12.6. The zero-order chi connectivity index (χ0) is 14.8. The minimum Gasteiger partial charge on any atom is -0.287 e. The van der Waals surface area contributed by atoms with Gasteiger partial charge in [-0.15, -0.1) is 6.58 Å². The van der Waals surface area contributed by atoms with Gasteiger partial charge in [-0.05, 0) is 30.3 Å². The van der Waals surface area contributed by atoms with E-state index in [2.05, 4.69) is 11.7 Å². The highest BCUT2D eigenvalue weighted by atomic mass is 35.5. The van der Waals surface area contributed by atoms with Crippen molar-refractivity contribution in [2.75, 3.05) is 0 Å². The average Bonchev–Trinajstić information content (AvgIpc) is 2.87. The van der Waals surface area contributed by atoms with Gasteiger partial charge in [0.2, 0.25) is 5.78 Å². The van der Waals surface area contributed by atoms with Crippen molar-refractivity contribution in [1.29, 1.82) is 0 Å². The number of para-hydroxylation sites is 1. The van der Waals surface area contributed by atoms with Crippen molar-refractivity contribution in [2.24, 2.45) is 0 Å². The molecule has 0 aliphatic carbocycles. The standard InChI is InChI=1S/C17H13ClN2O/c1-2-11-20-15-6-4-3-5-14(15)16(19-20)17(21)12-7-9-13(18)10-8-12/h2-10H,1,11H2. The van der Waals surface area contributed by atoms with Crippen molar-refractivity contribution in [3.8, 4) is 0 Å². The molecular weight excluding hydrogens is 284 g/mol. The second kappa shape index (κ2) is 5.54. The molecule has 1 heterocycles. The van der Waals surface area contributed by atoms with Crippen molar-refractivity contribution >= 4 is 28.3 Å². The molecule has 0 unspecified atom stereocenters.